The number of nitrogen functional groups attached to an aromatic ring is 2. The van der Waals surface area contributed by atoms with Crippen LogP contribution in [0.4, 0.5) is 11.6 Å². The Hall–Kier alpha value is -2.42. The van der Waals surface area contributed by atoms with Crippen molar-refractivity contribution in [3.05, 3.63) is 25.0 Å². The lowest BCUT2D eigenvalue weighted by atomic mass is 10.4. The molecule has 9 heteroatoms. The Kier molecular flexibility index (Phi) is 3.82. The summed E-state index contributed by atoms with van der Waals surface area (Å²) in [5, 5.41) is 0.763. The summed E-state index contributed by atoms with van der Waals surface area (Å²) < 4.78 is 1.97. The zero-order valence-electron chi connectivity index (χ0n) is 11.2. The highest BCUT2D eigenvalue weighted by molar-refractivity contribution is 7.99. The van der Waals surface area contributed by atoms with Gasteiger partial charge in [-0.05, 0) is 6.42 Å². The van der Waals surface area contributed by atoms with Crippen molar-refractivity contribution in [3.63, 3.8) is 0 Å². The van der Waals surface area contributed by atoms with Crippen LogP contribution < -0.4 is 11.5 Å². The van der Waals surface area contributed by atoms with E-state index >= 15 is 0 Å². The van der Waals surface area contributed by atoms with E-state index in [1.54, 1.807) is 30.5 Å². The monoisotopic (exact) mass is 302 g/mol. The van der Waals surface area contributed by atoms with Gasteiger partial charge in [0.2, 0.25) is 0 Å². The Bertz CT molecular complexity index is 756. The van der Waals surface area contributed by atoms with Crippen LogP contribution in [0.1, 0.15) is 6.42 Å². The average Bonchev–Trinajstić information content (AvgIpc) is 2.90. The molecule has 3 aromatic heterocycles. The van der Waals surface area contributed by atoms with Gasteiger partial charge in [-0.3, -0.25) is 0 Å². The van der Waals surface area contributed by atoms with Crippen molar-refractivity contribution in [1.29, 1.82) is 0 Å². The molecule has 0 aliphatic rings. The predicted molar refractivity (Wildman–Crippen MR) is 81.5 cm³/mol. The van der Waals surface area contributed by atoms with Crippen molar-refractivity contribution >= 4 is 34.6 Å². The molecule has 0 radical (unpaired) electrons. The van der Waals surface area contributed by atoms with E-state index in [0.717, 1.165) is 29.4 Å². The standard InChI is InChI=1S/C12H14N8S/c13-9-8-11(18-6-17-9)20(7-19-8)4-1-5-21-12-10(14)15-2-3-16-12/h2-3,6-7H,1,4-5H2,(H2,14,15)(H2,13,17,18). The van der Waals surface area contributed by atoms with Gasteiger partial charge in [-0.1, -0.05) is 0 Å². The van der Waals surface area contributed by atoms with E-state index in [1.807, 2.05) is 4.57 Å². The number of hydrogen-bond donors (Lipinski definition) is 2. The van der Waals surface area contributed by atoms with Crippen molar-refractivity contribution in [2.45, 2.75) is 18.0 Å². The molecule has 3 rings (SSSR count). The van der Waals surface area contributed by atoms with Gasteiger partial charge in [-0.15, -0.1) is 11.8 Å². The third-order valence-electron chi connectivity index (χ3n) is 2.90. The summed E-state index contributed by atoms with van der Waals surface area (Å²) in [6.07, 6.45) is 7.33. The van der Waals surface area contributed by atoms with Crippen LogP contribution in [0.3, 0.4) is 0 Å². The molecular weight excluding hydrogens is 288 g/mol. The molecule has 3 aromatic rings. The van der Waals surface area contributed by atoms with Gasteiger partial charge in [0.25, 0.3) is 0 Å². The lowest BCUT2D eigenvalue weighted by Gasteiger charge is -2.04. The number of thioether (sulfide) groups is 1. The SMILES string of the molecule is Nc1nccnc1SCCCn1cnc2c(N)ncnc21. The zero-order chi connectivity index (χ0) is 14.7. The molecule has 0 atom stereocenters. The third-order valence-corrected chi connectivity index (χ3v) is 3.98. The number of anilines is 2. The maximum Gasteiger partial charge on any atom is 0.165 e. The summed E-state index contributed by atoms with van der Waals surface area (Å²) in [6, 6.07) is 0. The van der Waals surface area contributed by atoms with E-state index in [4.69, 9.17) is 11.5 Å². The summed E-state index contributed by atoms with van der Waals surface area (Å²) in [6.45, 7) is 0.792. The van der Waals surface area contributed by atoms with Gasteiger partial charge >= 0.3 is 0 Å². The maximum absolute atomic E-state index is 5.76. The Labute approximate surface area is 125 Å². The van der Waals surface area contributed by atoms with Crippen molar-refractivity contribution in [2.24, 2.45) is 0 Å². The van der Waals surface area contributed by atoms with Gasteiger partial charge in [0.05, 0.1) is 6.33 Å². The number of nitrogens with zero attached hydrogens (tertiary/aromatic N) is 6. The molecular formula is C12H14N8S. The van der Waals surface area contributed by atoms with Gasteiger partial charge in [0.15, 0.2) is 17.3 Å². The molecule has 4 N–H and O–H groups in total. The molecule has 0 aliphatic heterocycles. The minimum absolute atomic E-state index is 0.403. The molecule has 8 nitrogen and oxygen atoms in total. The molecule has 108 valence electrons. The highest BCUT2D eigenvalue weighted by Gasteiger charge is 2.07. The van der Waals surface area contributed by atoms with Gasteiger partial charge in [0, 0.05) is 24.7 Å². The number of imidazole rings is 1. The minimum atomic E-state index is 0.403. The van der Waals surface area contributed by atoms with Crippen LogP contribution in [-0.4, -0.2) is 35.2 Å². The average molecular weight is 302 g/mol. The van der Waals surface area contributed by atoms with Crippen LogP contribution in [0.15, 0.2) is 30.1 Å². The second kappa shape index (κ2) is 5.92. The molecule has 21 heavy (non-hydrogen) atoms. The number of fused-ring (bicyclic) bond motifs is 1. The largest absolute Gasteiger partial charge is 0.382 e. The van der Waals surface area contributed by atoms with Crippen LogP contribution in [0.2, 0.25) is 0 Å². The zero-order valence-corrected chi connectivity index (χ0v) is 12.0. The molecule has 0 fully saturated rings. The first-order chi connectivity index (χ1) is 10.3. The van der Waals surface area contributed by atoms with E-state index < -0.39 is 0 Å². The Morgan fingerprint density at radius 2 is 1.86 bits per heavy atom. The van der Waals surface area contributed by atoms with Gasteiger partial charge in [0.1, 0.15) is 16.9 Å². The van der Waals surface area contributed by atoms with Crippen molar-refractivity contribution < 1.29 is 0 Å². The van der Waals surface area contributed by atoms with Gasteiger partial charge < -0.3 is 16.0 Å². The maximum atomic E-state index is 5.76. The molecule has 3 heterocycles. The first kappa shape index (κ1) is 13.6. The topological polar surface area (TPSA) is 121 Å². The number of hydrogen-bond acceptors (Lipinski definition) is 8. The fourth-order valence-corrected chi connectivity index (χ4v) is 2.72. The number of aromatic nitrogens is 6. The van der Waals surface area contributed by atoms with Crippen LogP contribution >= 0.6 is 11.8 Å². The highest BCUT2D eigenvalue weighted by atomic mass is 32.2. The van der Waals surface area contributed by atoms with E-state index in [1.165, 1.54) is 6.33 Å². The minimum Gasteiger partial charge on any atom is -0.382 e. The van der Waals surface area contributed by atoms with Crippen LogP contribution in [0, 0.1) is 0 Å². The fourth-order valence-electron chi connectivity index (χ4n) is 1.91. The molecule has 0 saturated carbocycles. The molecule has 0 unspecified atom stereocenters. The van der Waals surface area contributed by atoms with Crippen LogP contribution in [-0.2, 0) is 6.54 Å². The Morgan fingerprint density at radius 1 is 1.00 bits per heavy atom. The number of rotatable bonds is 5. The van der Waals surface area contributed by atoms with E-state index in [9.17, 15) is 0 Å². The van der Waals surface area contributed by atoms with Crippen molar-refractivity contribution in [3.8, 4) is 0 Å². The van der Waals surface area contributed by atoms with E-state index in [0.29, 0.717) is 17.2 Å². The van der Waals surface area contributed by atoms with Gasteiger partial charge in [-0.25, -0.2) is 24.9 Å². The normalized spacial score (nSPS) is 11.0. The van der Waals surface area contributed by atoms with Gasteiger partial charge in [-0.2, -0.15) is 0 Å². The van der Waals surface area contributed by atoms with E-state index in [2.05, 4.69) is 24.9 Å². The quantitative estimate of drug-likeness (QED) is 0.528. The second-order valence-corrected chi connectivity index (χ2v) is 5.40. The third kappa shape index (κ3) is 2.87. The summed E-state index contributed by atoms with van der Waals surface area (Å²) >= 11 is 1.59. The highest BCUT2D eigenvalue weighted by Crippen LogP contribution is 2.21. The van der Waals surface area contributed by atoms with Crippen LogP contribution in [0.5, 0.6) is 0 Å². The van der Waals surface area contributed by atoms with E-state index in [-0.39, 0.29) is 0 Å². The first-order valence-electron chi connectivity index (χ1n) is 6.36. The molecule has 0 aliphatic carbocycles. The van der Waals surface area contributed by atoms with Crippen LogP contribution in [0.25, 0.3) is 11.2 Å². The molecule has 0 amide bonds. The summed E-state index contributed by atoms with van der Waals surface area (Å²) in [5.74, 6) is 1.75. The smallest absolute Gasteiger partial charge is 0.165 e. The van der Waals surface area contributed by atoms with Crippen molar-refractivity contribution in [1.82, 2.24) is 29.5 Å². The number of aryl methyl sites for hydroxylation is 1. The predicted octanol–water partition coefficient (Wildman–Crippen LogP) is 0.963. The lowest BCUT2D eigenvalue weighted by Crippen LogP contribution is -2.01. The fraction of sp³-hybridized carbons (Fsp3) is 0.250. The molecule has 0 spiro atoms. The molecule has 0 aromatic carbocycles. The second-order valence-electron chi connectivity index (χ2n) is 4.32. The molecule has 0 bridgehead atoms. The first-order valence-corrected chi connectivity index (χ1v) is 7.35. The summed E-state index contributed by atoms with van der Waals surface area (Å²) in [5.41, 5.74) is 12.9. The summed E-state index contributed by atoms with van der Waals surface area (Å²) in [4.78, 5) is 20.6. The Morgan fingerprint density at radius 3 is 2.71 bits per heavy atom. The van der Waals surface area contributed by atoms with Crippen molar-refractivity contribution in [2.75, 3.05) is 17.2 Å². The Balaban J connectivity index is 1.60. The molecule has 0 saturated heterocycles. The lowest BCUT2D eigenvalue weighted by molar-refractivity contribution is 0.696. The number of nitrogens with two attached hydrogens (primary N) is 2. The summed E-state index contributed by atoms with van der Waals surface area (Å²) in [7, 11) is 0.